The number of ether oxygens (including phenoxy) is 1. The molecule has 5 nitrogen and oxygen atoms in total. The zero-order valence-corrected chi connectivity index (χ0v) is 21.0. The number of fused-ring (bicyclic) bond motifs is 1. The zero-order valence-electron chi connectivity index (χ0n) is 21.0. The van der Waals surface area contributed by atoms with Gasteiger partial charge in [-0.25, -0.2) is 9.97 Å². The fraction of sp³-hybridized carbons (Fsp3) is 0.519. The van der Waals surface area contributed by atoms with Crippen molar-refractivity contribution in [3.63, 3.8) is 0 Å². The zero-order chi connectivity index (χ0) is 23.8. The molecule has 0 fully saturated rings. The van der Waals surface area contributed by atoms with Crippen LogP contribution in [0.1, 0.15) is 77.0 Å². The van der Waals surface area contributed by atoms with Crippen LogP contribution in [0, 0.1) is 24.7 Å². The summed E-state index contributed by atoms with van der Waals surface area (Å²) in [5.74, 6) is 0.495. The highest BCUT2D eigenvalue weighted by Crippen LogP contribution is 2.37. The van der Waals surface area contributed by atoms with Crippen LogP contribution in [0.15, 0.2) is 30.3 Å². The monoisotopic (exact) mass is 435 g/mol. The van der Waals surface area contributed by atoms with Crippen LogP contribution >= 0.6 is 0 Å². The molecule has 0 spiro atoms. The first-order valence-electron chi connectivity index (χ1n) is 11.4. The van der Waals surface area contributed by atoms with E-state index in [0.717, 1.165) is 45.9 Å². The maximum absolute atomic E-state index is 12.7. The molecule has 0 amide bonds. The van der Waals surface area contributed by atoms with E-state index in [0.29, 0.717) is 6.61 Å². The number of nitrogens with zero attached hydrogens (tertiary/aromatic N) is 3. The Morgan fingerprint density at radius 3 is 2.19 bits per heavy atom. The second kappa shape index (κ2) is 8.68. The lowest BCUT2D eigenvalue weighted by molar-refractivity contribution is -0.147. The maximum atomic E-state index is 12.7. The molecule has 3 rings (SSSR count). The van der Waals surface area contributed by atoms with Gasteiger partial charge in [0.05, 0.1) is 12.5 Å². The number of esters is 1. The number of hydrogen-bond donors (Lipinski definition) is 0. The first kappa shape index (κ1) is 24.0. The van der Waals surface area contributed by atoms with Gasteiger partial charge in [-0.2, -0.15) is 0 Å². The summed E-state index contributed by atoms with van der Waals surface area (Å²) < 4.78 is 7.55. The summed E-state index contributed by atoms with van der Waals surface area (Å²) in [5, 5.41) is 0. The smallest absolute Gasteiger partial charge is 0.313 e. The number of hydrogen-bond acceptors (Lipinski definition) is 4. The minimum absolute atomic E-state index is 0.0866. The minimum Gasteiger partial charge on any atom is -0.466 e. The van der Waals surface area contributed by atoms with Crippen LogP contribution in [0.4, 0.5) is 0 Å². The molecule has 0 radical (unpaired) electrons. The van der Waals surface area contributed by atoms with E-state index >= 15 is 0 Å². The lowest BCUT2D eigenvalue weighted by Crippen LogP contribution is -2.28. The van der Waals surface area contributed by atoms with Crippen LogP contribution in [-0.4, -0.2) is 27.1 Å². The van der Waals surface area contributed by atoms with E-state index in [9.17, 15) is 4.79 Å². The average Bonchev–Trinajstić information content (AvgIpc) is 2.98. The summed E-state index contributed by atoms with van der Waals surface area (Å²) in [6.45, 7) is 19.2. The predicted octanol–water partition coefficient (Wildman–Crippen LogP) is 6.32. The molecule has 5 heteroatoms. The van der Waals surface area contributed by atoms with Crippen LogP contribution in [0.2, 0.25) is 0 Å². The molecule has 1 unspecified atom stereocenters. The highest BCUT2D eigenvalue weighted by Gasteiger charge is 2.34. The van der Waals surface area contributed by atoms with Crippen molar-refractivity contribution in [2.24, 2.45) is 10.8 Å². The number of carbonyl (C=O) groups is 1. The quantitative estimate of drug-likeness (QED) is 0.440. The third-order valence-corrected chi connectivity index (χ3v) is 5.57. The second-order valence-corrected chi connectivity index (χ2v) is 11.0. The number of benzene rings is 1. The molecule has 0 saturated heterocycles. The van der Waals surface area contributed by atoms with Crippen LogP contribution in [0.25, 0.3) is 16.9 Å². The normalized spacial score (nSPS) is 13.4. The molecule has 2 heterocycles. The Hall–Kier alpha value is -2.69. The summed E-state index contributed by atoms with van der Waals surface area (Å²) in [6.07, 6.45) is 0.830. The number of carbonyl (C=O) groups excluding carboxylic acids is 1. The van der Waals surface area contributed by atoms with Gasteiger partial charge in [-0.05, 0) is 60.9 Å². The first-order chi connectivity index (χ1) is 14.8. The van der Waals surface area contributed by atoms with Gasteiger partial charge in [-0.15, -0.1) is 0 Å². The van der Waals surface area contributed by atoms with Gasteiger partial charge in [-0.1, -0.05) is 53.7 Å². The van der Waals surface area contributed by atoms with Crippen LogP contribution < -0.4 is 0 Å². The Morgan fingerprint density at radius 2 is 1.66 bits per heavy atom. The second-order valence-electron chi connectivity index (χ2n) is 11.0. The van der Waals surface area contributed by atoms with Gasteiger partial charge >= 0.3 is 5.97 Å². The SMILES string of the molecule is CCOC(=O)C(c1ccc(-n2c(CC(C)(C)C)nc3c(C)cc(C)nc32)cc1)C(C)(C)C. The van der Waals surface area contributed by atoms with Crippen molar-refractivity contribution in [2.45, 2.75) is 74.7 Å². The molecule has 0 aliphatic rings. The molecule has 172 valence electrons. The Bertz CT molecular complexity index is 1110. The fourth-order valence-electron chi connectivity index (χ4n) is 4.30. The average molecular weight is 436 g/mol. The lowest BCUT2D eigenvalue weighted by atomic mass is 9.76. The molecule has 0 bridgehead atoms. The number of pyridine rings is 1. The van der Waals surface area contributed by atoms with Crippen molar-refractivity contribution in [2.75, 3.05) is 6.61 Å². The van der Waals surface area contributed by atoms with E-state index in [1.165, 1.54) is 0 Å². The maximum Gasteiger partial charge on any atom is 0.313 e. The first-order valence-corrected chi connectivity index (χ1v) is 11.4. The molecule has 0 saturated carbocycles. The fourth-order valence-corrected chi connectivity index (χ4v) is 4.30. The summed E-state index contributed by atoms with van der Waals surface area (Å²) in [5.41, 5.74) is 5.74. The molecule has 2 aromatic heterocycles. The topological polar surface area (TPSA) is 57.0 Å². The van der Waals surface area contributed by atoms with Gasteiger partial charge in [0.1, 0.15) is 11.3 Å². The van der Waals surface area contributed by atoms with Crippen molar-refractivity contribution < 1.29 is 9.53 Å². The summed E-state index contributed by atoms with van der Waals surface area (Å²) in [4.78, 5) is 22.5. The van der Waals surface area contributed by atoms with Crippen molar-refractivity contribution >= 4 is 17.1 Å². The van der Waals surface area contributed by atoms with E-state index in [-0.39, 0.29) is 22.7 Å². The Labute approximate surface area is 192 Å². The largest absolute Gasteiger partial charge is 0.466 e. The van der Waals surface area contributed by atoms with E-state index < -0.39 is 0 Å². The van der Waals surface area contributed by atoms with E-state index in [4.69, 9.17) is 14.7 Å². The molecule has 32 heavy (non-hydrogen) atoms. The van der Waals surface area contributed by atoms with Crippen molar-refractivity contribution in [3.8, 4) is 5.69 Å². The summed E-state index contributed by atoms with van der Waals surface area (Å²) >= 11 is 0. The molecule has 0 aliphatic carbocycles. The Kier molecular flexibility index (Phi) is 6.50. The molecule has 1 aromatic carbocycles. The van der Waals surface area contributed by atoms with Crippen LogP contribution in [0.5, 0.6) is 0 Å². The van der Waals surface area contributed by atoms with Gasteiger partial charge in [0.15, 0.2) is 5.65 Å². The van der Waals surface area contributed by atoms with E-state index in [2.05, 4.69) is 71.2 Å². The van der Waals surface area contributed by atoms with Gasteiger partial charge in [-0.3, -0.25) is 9.36 Å². The number of imidazole rings is 1. The van der Waals surface area contributed by atoms with Gasteiger partial charge < -0.3 is 4.74 Å². The Balaban J connectivity index is 2.14. The standard InChI is InChI=1S/C27H37N3O2/c1-10-32-25(31)22(27(7,8)9)19-11-13-20(14-12-19)30-21(16-26(4,5)6)29-23-17(2)15-18(3)28-24(23)30/h11-15,22H,10,16H2,1-9H3. The van der Waals surface area contributed by atoms with Crippen molar-refractivity contribution in [1.29, 1.82) is 0 Å². The Morgan fingerprint density at radius 1 is 1.03 bits per heavy atom. The summed E-state index contributed by atoms with van der Waals surface area (Å²) in [7, 11) is 0. The molecule has 0 aliphatic heterocycles. The van der Waals surface area contributed by atoms with Gasteiger partial charge in [0.2, 0.25) is 0 Å². The third kappa shape index (κ3) is 5.03. The van der Waals surface area contributed by atoms with Crippen molar-refractivity contribution in [3.05, 3.63) is 53.0 Å². The molecule has 1 atom stereocenters. The van der Waals surface area contributed by atoms with E-state index in [1.54, 1.807) is 0 Å². The highest BCUT2D eigenvalue weighted by atomic mass is 16.5. The van der Waals surface area contributed by atoms with Gasteiger partial charge in [0.25, 0.3) is 0 Å². The lowest BCUT2D eigenvalue weighted by Gasteiger charge is -2.29. The molecular formula is C27H37N3O2. The minimum atomic E-state index is -0.326. The summed E-state index contributed by atoms with van der Waals surface area (Å²) in [6, 6.07) is 10.3. The van der Waals surface area contributed by atoms with Crippen molar-refractivity contribution in [1.82, 2.24) is 14.5 Å². The molecular weight excluding hydrogens is 398 g/mol. The van der Waals surface area contributed by atoms with Gasteiger partial charge in [0, 0.05) is 17.8 Å². The number of rotatable bonds is 5. The highest BCUT2D eigenvalue weighted by molar-refractivity contribution is 5.80. The van der Waals surface area contributed by atoms with Crippen LogP contribution in [-0.2, 0) is 16.0 Å². The van der Waals surface area contributed by atoms with Crippen LogP contribution in [0.3, 0.4) is 0 Å². The van der Waals surface area contributed by atoms with E-state index in [1.807, 2.05) is 26.0 Å². The number of aromatic nitrogens is 3. The molecule has 0 N–H and O–H groups in total. The third-order valence-electron chi connectivity index (χ3n) is 5.57. The number of aryl methyl sites for hydroxylation is 2. The predicted molar refractivity (Wildman–Crippen MR) is 130 cm³/mol. The molecule has 3 aromatic rings.